The van der Waals surface area contributed by atoms with Crippen molar-refractivity contribution in [3.63, 3.8) is 0 Å². The van der Waals surface area contributed by atoms with Gasteiger partial charge in [0.15, 0.2) is 0 Å². The van der Waals surface area contributed by atoms with Gasteiger partial charge in [0.05, 0.1) is 11.2 Å². The molecular weight excluding hydrogens is 232 g/mol. The summed E-state index contributed by atoms with van der Waals surface area (Å²) in [5, 5.41) is 0. The molecule has 0 saturated carbocycles. The van der Waals surface area contributed by atoms with Gasteiger partial charge in [-0.1, -0.05) is 39.8 Å². The number of rotatable bonds is 10. The average molecular weight is 266 g/mol. The summed E-state index contributed by atoms with van der Waals surface area (Å²) in [7, 11) is 0. The van der Waals surface area contributed by atoms with Crippen molar-refractivity contribution in [2.45, 2.75) is 78.4 Å². The van der Waals surface area contributed by atoms with Crippen LogP contribution in [-0.2, 0) is 4.74 Å². The summed E-state index contributed by atoms with van der Waals surface area (Å²) in [5.74, 6) is 0.989. The predicted molar refractivity (Wildman–Crippen MR) is 86.4 cm³/mol. The minimum absolute atomic E-state index is 0.0889. The lowest BCUT2D eigenvalue weighted by atomic mass is 9.82. The minimum atomic E-state index is -0.0889. The van der Waals surface area contributed by atoms with Crippen molar-refractivity contribution in [1.82, 2.24) is 0 Å². The van der Waals surface area contributed by atoms with Gasteiger partial charge in [-0.2, -0.15) is 0 Å². The van der Waals surface area contributed by atoms with Gasteiger partial charge in [0.1, 0.15) is 0 Å². The van der Waals surface area contributed by atoms with Crippen LogP contribution in [0.2, 0.25) is 0 Å². The van der Waals surface area contributed by atoms with E-state index in [0.29, 0.717) is 11.8 Å². The highest BCUT2D eigenvalue weighted by Crippen LogP contribution is 2.37. The van der Waals surface area contributed by atoms with Gasteiger partial charge < -0.3 is 4.74 Å². The van der Waals surface area contributed by atoms with Crippen molar-refractivity contribution in [3.05, 3.63) is 25.3 Å². The molecule has 0 aliphatic carbocycles. The molecule has 0 N–H and O–H groups in total. The summed E-state index contributed by atoms with van der Waals surface area (Å²) < 4.78 is 6.66. The van der Waals surface area contributed by atoms with Crippen LogP contribution in [0, 0.1) is 11.8 Å². The highest BCUT2D eigenvalue weighted by atomic mass is 16.5. The Kier molecular flexibility index (Phi) is 7.66. The predicted octanol–water partition coefficient (Wildman–Crippen LogP) is 5.76. The second-order valence-corrected chi connectivity index (χ2v) is 6.69. The van der Waals surface area contributed by atoms with E-state index in [1.54, 1.807) is 0 Å². The molecule has 0 bridgehead atoms. The lowest BCUT2D eigenvalue weighted by Gasteiger charge is -2.45. The van der Waals surface area contributed by atoms with Crippen LogP contribution < -0.4 is 0 Å². The maximum atomic E-state index is 6.66. The Balaban J connectivity index is 5.02. The average Bonchev–Trinajstić information content (AvgIpc) is 2.33. The molecule has 1 nitrogen and oxygen atoms in total. The first-order chi connectivity index (χ1) is 8.72. The molecule has 2 atom stereocenters. The molecular formula is C18H34O. The van der Waals surface area contributed by atoms with Crippen molar-refractivity contribution < 1.29 is 4.74 Å². The number of allylic oxidation sites excluding steroid dienone is 2. The first-order valence-electron chi connectivity index (χ1n) is 7.64. The van der Waals surface area contributed by atoms with E-state index in [1.807, 2.05) is 12.2 Å². The summed E-state index contributed by atoms with van der Waals surface area (Å²) >= 11 is 0. The van der Waals surface area contributed by atoms with Crippen LogP contribution in [0.5, 0.6) is 0 Å². The number of hydrogen-bond donors (Lipinski definition) is 0. The molecule has 19 heavy (non-hydrogen) atoms. The van der Waals surface area contributed by atoms with Gasteiger partial charge in [0, 0.05) is 0 Å². The molecule has 0 aliphatic heterocycles. The van der Waals surface area contributed by atoms with Crippen LogP contribution in [0.3, 0.4) is 0 Å². The quantitative estimate of drug-likeness (QED) is 0.456. The van der Waals surface area contributed by atoms with Gasteiger partial charge in [-0.05, 0) is 51.4 Å². The normalized spacial score (nSPS) is 18.1. The van der Waals surface area contributed by atoms with E-state index in [-0.39, 0.29) is 11.2 Å². The van der Waals surface area contributed by atoms with Crippen molar-refractivity contribution in [1.29, 1.82) is 0 Å². The third-order valence-corrected chi connectivity index (χ3v) is 4.60. The first kappa shape index (κ1) is 18.4. The Morgan fingerprint density at radius 2 is 1.16 bits per heavy atom. The summed E-state index contributed by atoms with van der Waals surface area (Å²) in [6.07, 6.45) is 8.05. The minimum Gasteiger partial charge on any atom is -0.369 e. The van der Waals surface area contributed by atoms with E-state index < -0.39 is 0 Å². The van der Waals surface area contributed by atoms with E-state index >= 15 is 0 Å². The van der Waals surface area contributed by atoms with Gasteiger partial charge >= 0.3 is 0 Å². The molecule has 0 aliphatic rings. The summed E-state index contributed by atoms with van der Waals surface area (Å²) in [4.78, 5) is 0. The Labute approximate surface area is 121 Å². The Morgan fingerprint density at radius 1 is 0.842 bits per heavy atom. The standard InChI is InChI=1S/C18H34O/c1-9-11-13-17(7,15(3)4)19-18(8,16(5)6)14-12-10-2/h9-10,15-16H,1-2,11-14H2,3-8H3. The Morgan fingerprint density at radius 3 is 1.37 bits per heavy atom. The molecule has 112 valence electrons. The van der Waals surface area contributed by atoms with E-state index in [1.165, 1.54) is 0 Å². The number of ether oxygens (including phenoxy) is 1. The van der Waals surface area contributed by atoms with Gasteiger partial charge in [-0.15, -0.1) is 13.2 Å². The number of hydrogen-bond acceptors (Lipinski definition) is 1. The maximum absolute atomic E-state index is 6.66. The molecule has 0 aromatic carbocycles. The van der Waals surface area contributed by atoms with Gasteiger partial charge in [0.25, 0.3) is 0 Å². The van der Waals surface area contributed by atoms with E-state index in [0.717, 1.165) is 25.7 Å². The monoisotopic (exact) mass is 266 g/mol. The molecule has 0 heterocycles. The van der Waals surface area contributed by atoms with Crippen LogP contribution in [0.25, 0.3) is 0 Å². The highest BCUT2D eigenvalue weighted by molar-refractivity contribution is 4.90. The SMILES string of the molecule is C=CCCC(C)(OC(C)(CCC=C)C(C)C)C(C)C. The largest absolute Gasteiger partial charge is 0.369 e. The summed E-state index contributed by atoms with van der Waals surface area (Å²) in [5.41, 5.74) is -0.178. The molecule has 0 rings (SSSR count). The van der Waals surface area contributed by atoms with Crippen LogP contribution in [0.15, 0.2) is 25.3 Å². The molecule has 0 spiro atoms. The second-order valence-electron chi connectivity index (χ2n) is 6.69. The van der Waals surface area contributed by atoms with Crippen LogP contribution in [0.1, 0.15) is 67.2 Å². The lowest BCUT2D eigenvalue weighted by molar-refractivity contribution is -0.185. The van der Waals surface area contributed by atoms with Crippen molar-refractivity contribution in [2.75, 3.05) is 0 Å². The lowest BCUT2D eigenvalue weighted by Crippen LogP contribution is -2.47. The van der Waals surface area contributed by atoms with E-state index in [9.17, 15) is 0 Å². The van der Waals surface area contributed by atoms with Crippen LogP contribution in [-0.4, -0.2) is 11.2 Å². The fraction of sp³-hybridized carbons (Fsp3) is 0.778. The fourth-order valence-electron chi connectivity index (χ4n) is 2.23. The molecule has 1 heteroatoms. The first-order valence-corrected chi connectivity index (χ1v) is 7.64. The van der Waals surface area contributed by atoms with E-state index in [2.05, 4.69) is 54.7 Å². The van der Waals surface area contributed by atoms with Gasteiger partial charge in [-0.3, -0.25) is 0 Å². The molecule has 0 amide bonds. The smallest absolute Gasteiger partial charge is 0.0687 e. The zero-order valence-corrected chi connectivity index (χ0v) is 14.0. The molecule has 0 fully saturated rings. The Bertz CT molecular complexity index is 251. The summed E-state index contributed by atoms with van der Waals surface area (Å²) in [6, 6.07) is 0. The Hall–Kier alpha value is -0.560. The molecule has 0 saturated heterocycles. The van der Waals surface area contributed by atoms with Crippen LogP contribution in [0.4, 0.5) is 0 Å². The summed E-state index contributed by atoms with van der Waals surface area (Å²) in [6.45, 7) is 21.2. The third kappa shape index (κ3) is 5.52. The molecule has 0 radical (unpaired) electrons. The molecule has 0 aromatic heterocycles. The molecule has 2 unspecified atom stereocenters. The van der Waals surface area contributed by atoms with Gasteiger partial charge in [-0.25, -0.2) is 0 Å². The topological polar surface area (TPSA) is 9.23 Å². The van der Waals surface area contributed by atoms with Crippen molar-refractivity contribution >= 4 is 0 Å². The maximum Gasteiger partial charge on any atom is 0.0687 e. The molecule has 0 aromatic rings. The third-order valence-electron chi connectivity index (χ3n) is 4.60. The van der Waals surface area contributed by atoms with E-state index in [4.69, 9.17) is 4.74 Å². The zero-order chi connectivity index (χ0) is 15.1. The van der Waals surface area contributed by atoms with Crippen molar-refractivity contribution in [2.24, 2.45) is 11.8 Å². The van der Waals surface area contributed by atoms with Crippen LogP contribution >= 0.6 is 0 Å². The fourth-order valence-corrected chi connectivity index (χ4v) is 2.23. The highest BCUT2D eigenvalue weighted by Gasteiger charge is 2.39. The zero-order valence-electron chi connectivity index (χ0n) is 14.0. The van der Waals surface area contributed by atoms with Gasteiger partial charge in [0.2, 0.25) is 0 Å². The van der Waals surface area contributed by atoms with Crippen molar-refractivity contribution in [3.8, 4) is 0 Å². The second kappa shape index (κ2) is 7.89.